The molecular weight excluding hydrogens is 281 g/mol. The average Bonchev–Trinajstić information content (AvgIpc) is 2.74. The van der Waals surface area contributed by atoms with Gasteiger partial charge in [0, 0.05) is 10.7 Å². The minimum absolute atomic E-state index is 0.0635. The number of ketones is 1. The lowest BCUT2D eigenvalue weighted by Crippen LogP contribution is -2.02. The van der Waals surface area contributed by atoms with Crippen molar-refractivity contribution >= 4 is 33.0 Å². The van der Waals surface area contributed by atoms with Gasteiger partial charge in [-0.05, 0) is 18.2 Å². The Morgan fingerprint density at radius 1 is 1.47 bits per heavy atom. The summed E-state index contributed by atoms with van der Waals surface area (Å²) in [5.41, 5.74) is 1.61. The Kier molecular flexibility index (Phi) is 2.93. The third-order valence-electron chi connectivity index (χ3n) is 1.83. The molecule has 0 fully saturated rings. The summed E-state index contributed by atoms with van der Waals surface area (Å²) in [6.07, 6.45) is 1.44. The van der Waals surface area contributed by atoms with Crippen LogP contribution in [0, 0.1) is 5.82 Å². The van der Waals surface area contributed by atoms with Gasteiger partial charge >= 0.3 is 0 Å². The van der Waals surface area contributed by atoms with Gasteiger partial charge in [-0.1, -0.05) is 15.9 Å². The number of carbonyl (C=O) groups excluding carboxylic acids is 1. The number of carbonyl (C=O) groups is 1. The van der Waals surface area contributed by atoms with Crippen LogP contribution >= 0.6 is 27.3 Å². The maximum absolute atomic E-state index is 13.4. The summed E-state index contributed by atoms with van der Waals surface area (Å²) < 4.78 is 14.0. The van der Waals surface area contributed by atoms with Crippen molar-refractivity contribution in [2.24, 2.45) is 0 Å². The van der Waals surface area contributed by atoms with Crippen molar-refractivity contribution in [2.75, 3.05) is 0 Å². The minimum Gasteiger partial charge on any atom is -0.288 e. The summed E-state index contributed by atoms with van der Waals surface area (Å²) in [5, 5.41) is 0. The zero-order chi connectivity index (χ0) is 10.8. The third-order valence-corrected chi connectivity index (χ3v) is 3.09. The van der Waals surface area contributed by atoms with Gasteiger partial charge in [0.25, 0.3) is 0 Å². The Hall–Kier alpha value is -1.07. The average molecular weight is 286 g/mol. The molecule has 1 aromatic heterocycles. The maximum atomic E-state index is 13.4. The van der Waals surface area contributed by atoms with Crippen LogP contribution < -0.4 is 0 Å². The number of benzene rings is 1. The van der Waals surface area contributed by atoms with E-state index in [-0.39, 0.29) is 11.3 Å². The fourth-order valence-electron chi connectivity index (χ4n) is 1.13. The monoisotopic (exact) mass is 285 g/mol. The highest BCUT2D eigenvalue weighted by Crippen LogP contribution is 2.20. The van der Waals surface area contributed by atoms with Crippen LogP contribution in [0.4, 0.5) is 4.39 Å². The van der Waals surface area contributed by atoms with Gasteiger partial charge in [0.2, 0.25) is 5.78 Å². The number of halogens is 2. The molecule has 0 saturated carbocycles. The Morgan fingerprint density at radius 2 is 2.27 bits per heavy atom. The zero-order valence-corrected chi connectivity index (χ0v) is 9.81. The molecule has 1 heterocycles. The van der Waals surface area contributed by atoms with E-state index in [4.69, 9.17) is 0 Å². The molecule has 0 aliphatic heterocycles. The number of nitrogens with zero attached hydrogens (tertiary/aromatic N) is 1. The van der Waals surface area contributed by atoms with Crippen molar-refractivity contribution in [1.82, 2.24) is 4.98 Å². The van der Waals surface area contributed by atoms with Gasteiger partial charge in [0.05, 0.1) is 16.0 Å². The molecule has 15 heavy (non-hydrogen) atoms. The summed E-state index contributed by atoms with van der Waals surface area (Å²) in [6.45, 7) is 0. The first-order valence-electron chi connectivity index (χ1n) is 4.07. The van der Waals surface area contributed by atoms with E-state index in [9.17, 15) is 9.18 Å². The standard InChI is InChI=1S/C10H5BrFNOS/c11-6-1-2-8(12)7(3-6)10(14)9-4-13-5-15-9/h1-5H. The molecule has 0 bridgehead atoms. The number of rotatable bonds is 2. The van der Waals surface area contributed by atoms with Crippen LogP contribution in [0.25, 0.3) is 0 Å². The summed E-state index contributed by atoms with van der Waals surface area (Å²) in [7, 11) is 0. The molecule has 0 unspecified atom stereocenters. The second kappa shape index (κ2) is 4.20. The first-order valence-corrected chi connectivity index (χ1v) is 5.74. The van der Waals surface area contributed by atoms with Crippen molar-refractivity contribution < 1.29 is 9.18 Å². The predicted molar refractivity (Wildman–Crippen MR) is 59.6 cm³/mol. The Balaban J connectivity index is 2.46. The Morgan fingerprint density at radius 3 is 2.93 bits per heavy atom. The summed E-state index contributed by atoms with van der Waals surface area (Å²) in [5.74, 6) is -0.854. The fraction of sp³-hybridized carbons (Fsp3) is 0. The molecule has 2 rings (SSSR count). The molecule has 0 saturated heterocycles. The van der Waals surface area contributed by atoms with Gasteiger partial charge in [-0.3, -0.25) is 9.78 Å². The zero-order valence-electron chi connectivity index (χ0n) is 7.41. The molecule has 0 amide bonds. The molecule has 5 heteroatoms. The van der Waals surface area contributed by atoms with E-state index in [1.165, 1.54) is 29.7 Å². The van der Waals surface area contributed by atoms with Crippen LogP contribution in [0.3, 0.4) is 0 Å². The van der Waals surface area contributed by atoms with Crippen LogP contribution in [0.2, 0.25) is 0 Å². The molecule has 0 aliphatic rings. The van der Waals surface area contributed by atoms with Crippen molar-refractivity contribution in [1.29, 1.82) is 0 Å². The first kappa shape index (κ1) is 10.4. The van der Waals surface area contributed by atoms with Crippen LogP contribution in [0.5, 0.6) is 0 Å². The second-order valence-electron chi connectivity index (χ2n) is 2.82. The molecule has 0 radical (unpaired) electrons. The van der Waals surface area contributed by atoms with Crippen LogP contribution in [0.15, 0.2) is 34.4 Å². The highest BCUT2D eigenvalue weighted by atomic mass is 79.9. The molecular formula is C10H5BrFNOS. The van der Waals surface area contributed by atoms with Crippen molar-refractivity contribution in [3.63, 3.8) is 0 Å². The van der Waals surface area contributed by atoms with Crippen LogP contribution in [-0.2, 0) is 0 Å². The van der Waals surface area contributed by atoms with Gasteiger partial charge in [-0.2, -0.15) is 0 Å². The number of thiazole rings is 1. The molecule has 76 valence electrons. The van der Waals surface area contributed by atoms with E-state index < -0.39 is 5.82 Å². The molecule has 0 atom stereocenters. The van der Waals surface area contributed by atoms with E-state index in [1.54, 1.807) is 11.6 Å². The van der Waals surface area contributed by atoms with Gasteiger partial charge in [-0.25, -0.2) is 4.39 Å². The summed E-state index contributed by atoms with van der Waals surface area (Å²) in [6, 6.07) is 4.29. The number of aromatic nitrogens is 1. The first-order chi connectivity index (χ1) is 7.18. The van der Waals surface area contributed by atoms with Crippen molar-refractivity contribution in [3.8, 4) is 0 Å². The van der Waals surface area contributed by atoms with Crippen molar-refractivity contribution in [2.45, 2.75) is 0 Å². The van der Waals surface area contributed by atoms with E-state index in [0.717, 1.165) is 0 Å². The number of hydrogen-bond donors (Lipinski definition) is 0. The maximum Gasteiger partial charge on any atom is 0.207 e. The minimum atomic E-state index is -0.517. The molecule has 1 aromatic carbocycles. The Labute approximate surface area is 97.9 Å². The topological polar surface area (TPSA) is 30.0 Å². The van der Waals surface area contributed by atoms with Gasteiger partial charge < -0.3 is 0 Å². The van der Waals surface area contributed by atoms with E-state index in [0.29, 0.717) is 9.35 Å². The molecule has 2 aromatic rings. The lowest BCUT2D eigenvalue weighted by atomic mass is 10.1. The lowest BCUT2D eigenvalue weighted by Gasteiger charge is -2.00. The highest BCUT2D eigenvalue weighted by Gasteiger charge is 2.15. The largest absolute Gasteiger partial charge is 0.288 e. The second-order valence-corrected chi connectivity index (χ2v) is 4.62. The lowest BCUT2D eigenvalue weighted by molar-refractivity contribution is 0.103. The summed E-state index contributed by atoms with van der Waals surface area (Å²) >= 11 is 4.39. The fourth-order valence-corrected chi connectivity index (χ4v) is 2.07. The van der Waals surface area contributed by atoms with E-state index in [2.05, 4.69) is 20.9 Å². The SMILES string of the molecule is O=C(c1cncs1)c1cc(Br)ccc1F. The van der Waals surface area contributed by atoms with Crippen molar-refractivity contribution in [3.05, 3.63) is 50.6 Å². The van der Waals surface area contributed by atoms with Gasteiger partial charge in [0.15, 0.2) is 0 Å². The number of hydrogen-bond acceptors (Lipinski definition) is 3. The molecule has 0 N–H and O–H groups in total. The van der Waals surface area contributed by atoms with Gasteiger partial charge in [0.1, 0.15) is 5.82 Å². The molecule has 0 aliphatic carbocycles. The molecule has 2 nitrogen and oxygen atoms in total. The van der Waals surface area contributed by atoms with Crippen LogP contribution in [0.1, 0.15) is 15.2 Å². The quantitative estimate of drug-likeness (QED) is 0.793. The highest BCUT2D eigenvalue weighted by molar-refractivity contribution is 9.10. The molecule has 0 spiro atoms. The normalized spacial score (nSPS) is 10.3. The predicted octanol–water partition coefficient (Wildman–Crippen LogP) is 3.28. The van der Waals surface area contributed by atoms with E-state index in [1.807, 2.05) is 0 Å². The Bertz CT molecular complexity index is 498. The van der Waals surface area contributed by atoms with Gasteiger partial charge in [-0.15, -0.1) is 11.3 Å². The smallest absolute Gasteiger partial charge is 0.207 e. The third kappa shape index (κ3) is 2.13. The van der Waals surface area contributed by atoms with Crippen LogP contribution in [-0.4, -0.2) is 10.8 Å². The van der Waals surface area contributed by atoms with E-state index >= 15 is 0 Å². The summed E-state index contributed by atoms with van der Waals surface area (Å²) in [4.78, 5) is 16.0.